The SMILES string of the molecule is C/C=C\CCc1oc(CC(C)(C)NCCO)nc1C.CN1CCCC1.Cc1cccc(C#N)c1. The maximum absolute atomic E-state index is 8.86. The standard InChI is InChI=1S/C15H26N2O2.C8H7N.C5H11N/c1-5-6-7-8-13-12(2)17-14(19-13)11-15(3,4)16-9-10-18;1-7-3-2-4-8(5-7)6-9;1-6-4-2-3-5-6/h5-6,16,18H,7-11H2,1-4H3;2-5H,1H3;2-5H2,1H3/b6-5-;;. The third kappa shape index (κ3) is 12.7. The zero-order valence-electron chi connectivity index (χ0n) is 22.0. The van der Waals surface area contributed by atoms with Crippen molar-refractivity contribution < 1.29 is 9.52 Å². The lowest BCUT2D eigenvalue weighted by Gasteiger charge is -2.24. The van der Waals surface area contributed by atoms with E-state index >= 15 is 0 Å². The molecular weight excluding hydrogens is 424 g/mol. The van der Waals surface area contributed by atoms with Crippen LogP contribution in [0.25, 0.3) is 0 Å². The van der Waals surface area contributed by atoms with Crippen LogP contribution in [0.5, 0.6) is 0 Å². The number of hydrogen-bond donors (Lipinski definition) is 2. The second-order valence-electron chi connectivity index (χ2n) is 9.43. The van der Waals surface area contributed by atoms with Crippen LogP contribution in [0.4, 0.5) is 0 Å². The van der Waals surface area contributed by atoms with E-state index in [2.05, 4.69) is 54.3 Å². The van der Waals surface area contributed by atoms with Gasteiger partial charge in [0.15, 0.2) is 5.89 Å². The number of benzene rings is 1. The van der Waals surface area contributed by atoms with Gasteiger partial charge in [0.2, 0.25) is 0 Å². The summed E-state index contributed by atoms with van der Waals surface area (Å²) in [5, 5.41) is 20.5. The highest BCUT2D eigenvalue weighted by molar-refractivity contribution is 5.31. The van der Waals surface area contributed by atoms with E-state index < -0.39 is 0 Å². The third-order valence-corrected chi connectivity index (χ3v) is 5.50. The highest BCUT2D eigenvalue weighted by Crippen LogP contribution is 2.17. The van der Waals surface area contributed by atoms with Crippen LogP contribution in [-0.4, -0.2) is 53.8 Å². The summed E-state index contributed by atoms with van der Waals surface area (Å²) in [7, 11) is 2.17. The molecule has 0 aliphatic carbocycles. The minimum absolute atomic E-state index is 0.124. The number of aromatic nitrogens is 1. The van der Waals surface area contributed by atoms with Gasteiger partial charge in [-0.1, -0.05) is 24.3 Å². The van der Waals surface area contributed by atoms with Crippen LogP contribution < -0.4 is 5.32 Å². The van der Waals surface area contributed by atoms with Crippen LogP contribution >= 0.6 is 0 Å². The maximum Gasteiger partial charge on any atom is 0.196 e. The highest BCUT2D eigenvalue weighted by Gasteiger charge is 2.21. The number of aliphatic hydroxyl groups excluding tert-OH is 1. The Kier molecular flexibility index (Phi) is 14.1. The van der Waals surface area contributed by atoms with Gasteiger partial charge in [-0.05, 0) is 91.7 Å². The van der Waals surface area contributed by atoms with Crippen molar-refractivity contribution in [1.82, 2.24) is 15.2 Å². The van der Waals surface area contributed by atoms with Crippen LogP contribution in [0.15, 0.2) is 40.8 Å². The Balaban J connectivity index is 0.000000313. The maximum atomic E-state index is 8.86. The fraction of sp³-hybridized carbons (Fsp3) is 0.571. The van der Waals surface area contributed by atoms with Crippen LogP contribution in [0.1, 0.15) is 68.5 Å². The lowest BCUT2D eigenvalue weighted by Crippen LogP contribution is -2.42. The Hall–Kier alpha value is -2.46. The molecule has 1 fully saturated rings. The number of nitriles is 1. The number of β-amino-alcohol motifs (C(OH)–C–C–N with tert-alkyl or cyclic N) is 1. The fourth-order valence-corrected chi connectivity index (χ4v) is 3.60. The molecule has 0 spiro atoms. The average molecular weight is 469 g/mol. The quantitative estimate of drug-likeness (QED) is 0.532. The smallest absolute Gasteiger partial charge is 0.196 e. The molecular formula is C28H44N4O2. The second-order valence-corrected chi connectivity index (χ2v) is 9.43. The van der Waals surface area contributed by atoms with Crippen LogP contribution in [-0.2, 0) is 12.8 Å². The van der Waals surface area contributed by atoms with Gasteiger partial charge in [-0.25, -0.2) is 4.98 Å². The van der Waals surface area contributed by atoms with Gasteiger partial charge in [-0.2, -0.15) is 5.26 Å². The first-order valence-electron chi connectivity index (χ1n) is 12.3. The molecule has 1 aliphatic heterocycles. The number of rotatable bonds is 8. The Morgan fingerprint density at radius 1 is 1.26 bits per heavy atom. The van der Waals surface area contributed by atoms with Gasteiger partial charge in [0, 0.05) is 24.9 Å². The predicted molar refractivity (Wildman–Crippen MR) is 140 cm³/mol. The molecule has 6 nitrogen and oxygen atoms in total. The van der Waals surface area contributed by atoms with E-state index in [4.69, 9.17) is 14.8 Å². The van der Waals surface area contributed by atoms with Gasteiger partial charge < -0.3 is 19.7 Å². The average Bonchev–Trinajstić information content (AvgIpc) is 3.41. The van der Waals surface area contributed by atoms with E-state index in [1.807, 2.05) is 39.0 Å². The normalized spacial score (nSPS) is 13.7. The minimum atomic E-state index is -0.124. The lowest BCUT2D eigenvalue weighted by atomic mass is 10.0. The number of oxazole rings is 1. The summed E-state index contributed by atoms with van der Waals surface area (Å²) >= 11 is 0. The topological polar surface area (TPSA) is 85.3 Å². The molecule has 0 saturated carbocycles. The number of nitrogens with one attached hydrogen (secondary N) is 1. The summed E-state index contributed by atoms with van der Waals surface area (Å²) in [6.07, 6.45) is 9.61. The molecule has 1 aromatic heterocycles. The van der Waals surface area contributed by atoms with Crippen LogP contribution in [0, 0.1) is 25.2 Å². The first-order chi connectivity index (χ1) is 16.2. The van der Waals surface area contributed by atoms with Crippen molar-refractivity contribution in [2.24, 2.45) is 0 Å². The molecule has 0 radical (unpaired) electrons. The first-order valence-corrected chi connectivity index (χ1v) is 12.3. The number of aliphatic hydroxyl groups is 1. The number of allylic oxidation sites excluding steroid dienone is 2. The molecule has 0 unspecified atom stereocenters. The Morgan fingerprint density at radius 2 is 1.97 bits per heavy atom. The van der Waals surface area contributed by atoms with E-state index in [9.17, 15) is 0 Å². The molecule has 0 bridgehead atoms. The van der Waals surface area contributed by atoms with Crippen molar-refractivity contribution in [3.63, 3.8) is 0 Å². The molecule has 1 aromatic carbocycles. The van der Waals surface area contributed by atoms with Gasteiger partial charge in [-0.15, -0.1) is 0 Å². The molecule has 0 atom stereocenters. The van der Waals surface area contributed by atoms with Gasteiger partial charge in [-0.3, -0.25) is 0 Å². The Morgan fingerprint density at radius 3 is 2.47 bits per heavy atom. The summed E-state index contributed by atoms with van der Waals surface area (Å²) in [6, 6.07) is 9.58. The largest absolute Gasteiger partial charge is 0.445 e. The summed E-state index contributed by atoms with van der Waals surface area (Å²) in [4.78, 5) is 6.85. The van der Waals surface area contributed by atoms with Gasteiger partial charge in [0.05, 0.1) is 23.9 Å². The van der Waals surface area contributed by atoms with E-state index in [0.717, 1.165) is 47.7 Å². The third-order valence-electron chi connectivity index (χ3n) is 5.50. The molecule has 188 valence electrons. The summed E-state index contributed by atoms with van der Waals surface area (Å²) < 4.78 is 5.83. The van der Waals surface area contributed by atoms with Crippen molar-refractivity contribution in [3.8, 4) is 6.07 Å². The minimum Gasteiger partial charge on any atom is -0.445 e. The monoisotopic (exact) mass is 468 g/mol. The van der Waals surface area contributed by atoms with E-state index in [-0.39, 0.29) is 12.1 Å². The number of hydrogen-bond acceptors (Lipinski definition) is 6. The van der Waals surface area contributed by atoms with Crippen molar-refractivity contribution in [3.05, 3.63) is 64.9 Å². The summed E-state index contributed by atoms with van der Waals surface area (Å²) in [5.74, 6) is 1.74. The molecule has 2 aromatic rings. The highest BCUT2D eigenvalue weighted by atomic mass is 16.4. The number of nitrogens with zero attached hydrogens (tertiary/aromatic N) is 3. The Labute approximate surface area is 206 Å². The van der Waals surface area contributed by atoms with Gasteiger partial charge in [0.1, 0.15) is 5.76 Å². The molecule has 2 N–H and O–H groups in total. The van der Waals surface area contributed by atoms with Gasteiger partial charge in [0.25, 0.3) is 0 Å². The van der Waals surface area contributed by atoms with Crippen LogP contribution in [0.3, 0.4) is 0 Å². The lowest BCUT2D eigenvalue weighted by molar-refractivity contribution is 0.259. The Bertz CT molecular complexity index is 890. The zero-order chi connectivity index (χ0) is 25.4. The molecule has 3 rings (SSSR count). The van der Waals surface area contributed by atoms with Crippen molar-refractivity contribution >= 4 is 0 Å². The molecule has 34 heavy (non-hydrogen) atoms. The molecule has 0 amide bonds. The van der Waals surface area contributed by atoms with E-state index in [1.54, 1.807) is 6.07 Å². The van der Waals surface area contributed by atoms with E-state index in [0.29, 0.717) is 6.54 Å². The van der Waals surface area contributed by atoms with Crippen LogP contribution in [0.2, 0.25) is 0 Å². The first kappa shape index (κ1) is 29.6. The number of aryl methyl sites for hydroxylation is 3. The number of likely N-dealkylation sites (tertiary alicyclic amines) is 1. The van der Waals surface area contributed by atoms with Crippen molar-refractivity contribution in [1.29, 1.82) is 5.26 Å². The molecule has 6 heteroatoms. The zero-order valence-corrected chi connectivity index (χ0v) is 22.0. The molecule has 1 saturated heterocycles. The second kappa shape index (κ2) is 16.2. The fourth-order valence-electron chi connectivity index (χ4n) is 3.60. The predicted octanol–water partition coefficient (Wildman–Crippen LogP) is 4.97. The summed E-state index contributed by atoms with van der Waals surface area (Å²) in [6.45, 7) is 13.5. The molecule has 2 heterocycles. The van der Waals surface area contributed by atoms with Crippen molar-refractivity contribution in [2.75, 3.05) is 33.3 Å². The molecule has 1 aliphatic rings. The summed E-state index contributed by atoms with van der Waals surface area (Å²) in [5.41, 5.74) is 2.72. The van der Waals surface area contributed by atoms with Crippen molar-refractivity contribution in [2.45, 2.75) is 72.3 Å². The van der Waals surface area contributed by atoms with Gasteiger partial charge >= 0.3 is 0 Å². The van der Waals surface area contributed by atoms with E-state index in [1.165, 1.54) is 25.9 Å².